The lowest BCUT2D eigenvalue weighted by Crippen LogP contribution is -2.30. The highest BCUT2D eigenvalue weighted by atomic mass is 16.1. The van der Waals surface area contributed by atoms with Gasteiger partial charge in [-0.3, -0.25) is 4.79 Å². The van der Waals surface area contributed by atoms with Gasteiger partial charge in [0.15, 0.2) is 0 Å². The molecule has 21 heavy (non-hydrogen) atoms. The summed E-state index contributed by atoms with van der Waals surface area (Å²) in [5.74, 6) is 0. The molecule has 1 aromatic carbocycles. The van der Waals surface area contributed by atoms with Crippen molar-refractivity contribution in [3.05, 3.63) is 69.6 Å². The number of hydrogen-bond donors (Lipinski definition) is 1. The van der Waals surface area contributed by atoms with E-state index in [1.54, 1.807) is 10.6 Å². The van der Waals surface area contributed by atoms with Gasteiger partial charge in [0.05, 0.1) is 0 Å². The number of nitrogens with two attached hydrogens (primary N) is 1. The van der Waals surface area contributed by atoms with Crippen molar-refractivity contribution in [2.75, 3.05) is 0 Å². The van der Waals surface area contributed by atoms with Crippen LogP contribution in [0, 0.1) is 6.92 Å². The van der Waals surface area contributed by atoms with Gasteiger partial charge in [-0.25, -0.2) is 0 Å². The molecule has 0 spiro atoms. The van der Waals surface area contributed by atoms with Gasteiger partial charge in [-0.05, 0) is 30.5 Å². The topological polar surface area (TPSA) is 48.0 Å². The van der Waals surface area contributed by atoms with Gasteiger partial charge in [0.1, 0.15) is 0 Å². The van der Waals surface area contributed by atoms with Crippen molar-refractivity contribution in [2.45, 2.75) is 32.9 Å². The van der Waals surface area contributed by atoms with Gasteiger partial charge in [-0.15, -0.1) is 0 Å². The number of nitrogens with zero attached hydrogens (tertiary/aromatic N) is 1. The lowest BCUT2D eigenvalue weighted by atomic mass is 10.1. The van der Waals surface area contributed by atoms with Crippen LogP contribution in [0.25, 0.3) is 12.2 Å². The summed E-state index contributed by atoms with van der Waals surface area (Å²) in [6.07, 6.45) is 6.65. The third-order valence-electron chi connectivity index (χ3n) is 3.49. The molecule has 0 radical (unpaired) electrons. The highest BCUT2D eigenvalue weighted by Gasteiger charge is 2.02. The van der Waals surface area contributed by atoms with E-state index in [1.807, 2.05) is 43.5 Å². The van der Waals surface area contributed by atoms with Gasteiger partial charge in [0.2, 0.25) is 0 Å². The molecule has 3 nitrogen and oxygen atoms in total. The van der Waals surface area contributed by atoms with Crippen LogP contribution in [0.1, 0.15) is 30.0 Å². The van der Waals surface area contributed by atoms with Crippen LogP contribution >= 0.6 is 0 Å². The Morgan fingerprint density at radius 1 is 1.19 bits per heavy atom. The monoisotopic (exact) mass is 282 g/mol. The summed E-state index contributed by atoms with van der Waals surface area (Å²) >= 11 is 0. The second-order valence-corrected chi connectivity index (χ2v) is 5.37. The van der Waals surface area contributed by atoms with Crippen molar-refractivity contribution < 1.29 is 0 Å². The summed E-state index contributed by atoms with van der Waals surface area (Å²) in [6.45, 7) is 4.65. The molecule has 0 saturated heterocycles. The lowest BCUT2D eigenvalue weighted by molar-refractivity contribution is 0.527. The summed E-state index contributed by atoms with van der Waals surface area (Å²) in [7, 11) is 0. The molecule has 0 aliphatic heterocycles. The van der Waals surface area contributed by atoms with Gasteiger partial charge >= 0.3 is 0 Å². The van der Waals surface area contributed by atoms with E-state index < -0.39 is 0 Å². The minimum absolute atomic E-state index is 0.00899. The molecule has 1 atom stereocenters. The van der Waals surface area contributed by atoms with Crippen LogP contribution in [0.3, 0.4) is 0 Å². The van der Waals surface area contributed by atoms with Crippen molar-refractivity contribution in [3.63, 3.8) is 0 Å². The first-order valence-corrected chi connectivity index (χ1v) is 7.29. The molecule has 3 heteroatoms. The van der Waals surface area contributed by atoms with Crippen LogP contribution in [0.4, 0.5) is 0 Å². The number of benzene rings is 1. The Morgan fingerprint density at radius 3 is 2.52 bits per heavy atom. The largest absolute Gasteiger partial charge is 0.326 e. The van der Waals surface area contributed by atoms with E-state index in [-0.39, 0.29) is 11.6 Å². The van der Waals surface area contributed by atoms with Crippen LogP contribution in [0.5, 0.6) is 0 Å². The summed E-state index contributed by atoms with van der Waals surface area (Å²) in [4.78, 5) is 12.0. The first kappa shape index (κ1) is 15.3. The molecule has 0 aliphatic rings. The molecule has 0 fully saturated rings. The van der Waals surface area contributed by atoms with E-state index in [1.165, 1.54) is 5.56 Å². The predicted molar refractivity (Wildman–Crippen MR) is 89.1 cm³/mol. The Balaban J connectivity index is 2.15. The fourth-order valence-electron chi connectivity index (χ4n) is 2.13. The number of pyridine rings is 1. The zero-order chi connectivity index (χ0) is 15.2. The van der Waals surface area contributed by atoms with Crippen LogP contribution in [-0.4, -0.2) is 10.6 Å². The number of rotatable bonds is 5. The van der Waals surface area contributed by atoms with Crippen molar-refractivity contribution in [1.82, 2.24) is 4.57 Å². The normalized spacial score (nSPS) is 12.7. The van der Waals surface area contributed by atoms with Crippen molar-refractivity contribution in [2.24, 2.45) is 5.73 Å². The van der Waals surface area contributed by atoms with E-state index in [0.29, 0.717) is 6.54 Å². The smallest absolute Gasteiger partial charge is 0.251 e. The Bertz CT molecular complexity index is 686. The summed E-state index contributed by atoms with van der Waals surface area (Å²) < 4.78 is 1.66. The highest BCUT2D eigenvalue weighted by Crippen LogP contribution is 2.09. The van der Waals surface area contributed by atoms with E-state index in [4.69, 9.17) is 5.73 Å². The van der Waals surface area contributed by atoms with Gasteiger partial charge < -0.3 is 10.3 Å². The fourth-order valence-corrected chi connectivity index (χ4v) is 2.13. The Kier molecular flexibility index (Phi) is 5.12. The van der Waals surface area contributed by atoms with Crippen molar-refractivity contribution >= 4 is 12.2 Å². The number of hydrogen-bond acceptors (Lipinski definition) is 2. The molecular weight excluding hydrogens is 260 g/mol. The molecule has 1 heterocycles. The SMILES string of the molecule is CCC(N)Cn1ccc(/C=C/c2cccc(C)c2)cc1=O. The molecular formula is C18H22N2O. The van der Waals surface area contributed by atoms with Crippen molar-refractivity contribution in [1.29, 1.82) is 0 Å². The Hall–Kier alpha value is -2.13. The summed E-state index contributed by atoms with van der Waals surface area (Å²) in [6, 6.07) is 11.9. The second kappa shape index (κ2) is 7.04. The highest BCUT2D eigenvalue weighted by molar-refractivity contribution is 5.69. The Labute approximate surface area is 125 Å². The molecule has 1 unspecified atom stereocenters. The fraction of sp³-hybridized carbons (Fsp3) is 0.278. The van der Waals surface area contributed by atoms with E-state index in [9.17, 15) is 4.79 Å². The molecule has 0 saturated carbocycles. The number of aryl methyl sites for hydroxylation is 1. The van der Waals surface area contributed by atoms with Crippen LogP contribution in [0.15, 0.2) is 47.4 Å². The molecule has 0 amide bonds. The third kappa shape index (κ3) is 4.43. The summed E-state index contributed by atoms with van der Waals surface area (Å²) in [5.41, 5.74) is 9.14. The first-order valence-electron chi connectivity index (χ1n) is 7.29. The maximum atomic E-state index is 12.0. The minimum atomic E-state index is -0.00899. The maximum absolute atomic E-state index is 12.0. The predicted octanol–water partition coefficient (Wildman–Crippen LogP) is 3.06. The van der Waals surface area contributed by atoms with Gasteiger partial charge in [-0.1, -0.05) is 48.9 Å². The van der Waals surface area contributed by atoms with Gasteiger partial charge in [0, 0.05) is 24.8 Å². The van der Waals surface area contributed by atoms with Gasteiger partial charge in [0.25, 0.3) is 5.56 Å². The number of aromatic nitrogens is 1. The standard InChI is InChI=1S/C18H22N2O/c1-3-17(19)13-20-10-9-16(12-18(20)21)8-7-15-6-4-5-14(2)11-15/h4-12,17H,3,13,19H2,1-2H3/b8-7+. The van der Waals surface area contributed by atoms with Crippen LogP contribution in [-0.2, 0) is 6.54 Å². The van der Waals surface area contributed by atoms with E-state index >= 15 is 0 Å². The lowest BCUT2D eigenvalue weighted by Gasteiger charge is -2.11. The average molecular weight is 282 g/mol. The molecule has 2 N–H and O–H groups in total. The molecule has 0 bridgehead atoms. The molecule has 2 rings (SSSR count). The average Bonchev–Trinajstić information content (AvgIpc) is 2.47. The summed E-state index contributed by atoms with van der Waals surface area (Å²) in [5, 5.41) is 0. The van der Waals surface area contributed by atoms with E-state index in [0.717, 1.165) is 17.5 Å². The first-order chi connectivity index (χ1) is 10.1. The second-order valence-electron chi connectivity index (χ2n) is 5.37. The minimum Gasteiger partial charge on any atom is -0.326 e. The zero-order valence-corrected chi connectivity index (χ0v) is 12.6. The maximum Gasteiger partial charge on any atom is 0.251 e. The zero-order valence-electron chi connectivity index (χ0n) is 12.6. The third-order valence-corrected chi connectivity index (χ3v) is 3.49. The molecule has 110 valence electrons. The van der Waals surface area contributed by atoms with Crippen LogP contribution < -0.4 is 11.3 Å². The van der Waals surface area contributed by atoms with Crippen molar-refractivity contribution in [3.8, 4) is 0 Å². The molecule has 1 aromatic heterocycles. The van der Waals surface area contributed by atoms with Gasteiger partial charge in [-0.2, -0.15) is 0 Å². The Morgan fingerprint density at radius 2 is 1.90 bits per heavy atom. The van der Waals surface area contributed by atoms with Crippen LogP contribution in [0.2, 0.25) is 0 Å². The quantitative estimate of drug-likeness (QED) is 0.916. The molecule has 2 aromatic rings. The van der Waals surface area contributed by atoms with E-state index in [2.05, 4.69) is 19.1 Å². The molecule has 0 aliphatic carbocycles.